The fraction of sp³-hybridized carbons (Fsp3) is 0.250. The maximum Gasteiger partial charge on any atom is 0.265 e. The molecule has 7 nitrogen and oxygen atoms in total. The summed E-state index contributed by atoms with van der Waals surface area (Å²) in [6.07, 6.45) is 1.27. The molecule has 0 fully saturated rings. The van der Waals surface area contributed by atoms with Gasteiger partial charge in [0.1, 0.15) is 17.3 Å². The highest BCUT2D eigenvalue weighted by molar-refractivity contribution is 7.92. The van der Waals surface area contributed by atoms with Crippen LogP contribution in [0.3, 0.4) is 0 Å². The molecular formula is C12H16N4O3S. The number of sulfonamides is 1. The van der Waals surface area contributed by atoms with E-state index in [1.807, 2.05) is 0 Å². The Bertz CT molecular complexity index is 682. The molecule has 0 spiro atoms. The van der Waals surface area contributed by atoms with Gasteiger partial charge in [0.25, 0.3) is 10.0 Å². The highest BCUT2D eigenvalue weighted by atomic mass is 32.2. The molecule has 1 aromatic carbocycles. The van der Waals surface area contributed by atoms with E-state index in [1.54, 1.807) is 31.2 Å². The summed E-state index contributed by atoms with van der Waals surface area (Å²) in [7, 11) is -3.66. The number of nitrogens with zero attached hydrogens (tertiary/aromatic N) is 1. The number of nitrogens with two attached hydrogens (primary N) is 1. The highest BCUT2D eigenvalue weighted by Crippen LogP contribution is 2.21. The zero-order valence-electron chi connectivity index (χ0n) is 11.0. The predicted molar refractivity (Wildman–Crippen MR) is 75.1 cm³/mol. The first-order valence-corrected chi connectivity index (χ1v) is 7.47. The van der Waals surface area contributed by atoms with E-state index in [1.165, 1.54) is 6.20 Å². The Morgan fingerprint density at radius 3 is 2.90 bits per heavy atom. The zero-order chi connectivity index (χ0) is 14.6. The SMILES string of the molecule is Cc1[nH]ncc1S(=O)(=O)Nc1cccc(OCCN)c1. The summed E-state index contributed by atoms with van der Waals surface area (Å²) in [5.41, 5.74) is 6.25. The highest BCUT2D eigenvalue weighted by Gasteiger charge is 2.18. The Balaban J connectivity index is 2.19. The number of hydrogen-bond donors (Lipinski definition) is 3. The van der Waals surface area contributed by atoms with Crippen molar-refractivity contribution in [3.8, 4) is 5.75 Å². The van der Waals surface area contributed by atoms with Gasteiger partial charge in [-0.25, -0.2) is 8.42 Å². The molecule has 0 aliphatic heterocycles. The standard InChI is InChI=1S/C12H16N4O3S/c1-9-12(8-14-15-9)20(17,18)16-10-3-2-4-11(7-10)19-6-5-13/h2-4,7-8,16H,5-6,13H2,1H3,(H,14,15). The molecule has 4 N–H and O–H groups in total. The van der Waals surface area contributed by atoms with Gasteiger partial charge in [0.05, 0.1) is 17.6 Å². The third-order valence-electron chi connectivity index (χ3n) is 2.55. The molecule has 0 aliphatic carbocycles. The molecule has 0 bridgehead atoms. The lowest BCUT2D eigenvalue weighted by Gasteiger charge is -2.09. The number of H-pyrrole nitrogens is 1. The number of benzene rings is 1. The van der Waals surface area contributed by atoms with Gasteiger partial charge in [0.15, 0.2) is 0 Å². The van der Waals surface area contributed by atoms with Gasteiger partial charge in [-0.15, -0.1) is 0 Å². The van der Waals surface area contributed by atoms with Crippen LogP contribution >= 0.6 is 0 Å². The number of aromatic amines is 1. The molecule has 0 unspecified atom stereocenters. The third-order valence-corrected chi connectivity index (χ3v) is 4.04. The second-order valence-corrected chi connectivity index (χ2v) is 5.78. The normalized spacial score (nSPS) is 11.3. The van der Waals surface area contributed by atoms with Crippen LogP contribution in [0.5, 0.6) is 5.75 Å². The summed E-state index contributed by atoms with van der Waals surface area (Å²) in [5.74, 6) is 0.555. The van der Waals surface area contributed by atoms with Gasteiger partial charge in [-0.05, 0) is 19.1 Å². The van der Waals surface area contributed by atoms with Crippen LogP contribution in [0.4, 0.5) is 5.69 Å². The van der Waals surface area contributed by atoms with Crippen LogP contribution in [0.15, 0.2) is 35.4 Å². The third kappa shape index (κ3) is 3.28. The van der Waals surface area contributed by atoms with Crippen LogP contribution in [0.1, 0.15) is 5.69 Å². The molecule has 1 aromatic heterocycles. The van der Waals surface area contributed by atoms with Gasteiger partial charge in [-0.1, -0.05) is 6.07 Å². The molecule has 0 atom stereocenters. The first kappa shape index (κ1) is 14.4. The van der Waals surface area contributed by atoms with E-state index in [0.717, 1.165) is 0 Å². The smallest absolute Gasteiger partial charge is 0.265 e. The molecule has 20 heavy (non-hydrogen) atoms. The molecule has 0 amide bonds. The van der Waals surface area contributed by atoms with Crippen molar-refractivity contribution in [2.75, 3.05) is 17.9 Å². The van der Waals surface area contributed by atoms with Gasteiger partial charge < -0.3 is 10.5 Å². The molecule has 0 saturated heterocycles. The Kier molecular flexibility index (Phi) is 4.26. The fourth-order valence-electron chi connectivity index (χ4n) is 1.65. The lowest BCUT2D eigenvalue weighted by atomic mass is 10.3. The van der Waals surface area contributed by atoms with Crippen molar-refractivity contribution in [3.05, 3.63) is 36.2 Å². The fourth-order valence-corrected chi connectivity index (χ4v) is 2.83. The van der Waals surface area contributed by atoms with Gasteiger partial charge in [0.2, 0.25) is 0 Å². The molecule has 2 aromatic rings. The number of ether oxygens (including phenoxy) is 1. The number of rotatable bonds is 6. The molecule has 108 valence electrons. The average molecular weight is 296 g/mol. The monoisotopic (exact) mass is 296 g/mol. The second kappa shape index (κ2) is 5.93. The second-order valence-electron chi connectivity index (χ2n) is 4.13. The molecule has 0 aliphatic rings. The summed E-state index contributed by atoms with van der Waals surface area (Å²) in [5, 5.41) is 6.30. The maximum absolute atomic E-state index is 12.2. The first-order valence-electron chi connectivity index (χ1n) is 5.98. The number of nitrogens with one attached hydrogen (secondary N) is 2. The Morgan fingerprint density at radius 1 is 1.45 bits per heavy atom. The molecule has 2 rings (SSSR count). The Labute approximate surface area is 117 Å². The number of anilines is 1. The van der Waals surface area contributed by atoms with Gasteiger partial charge in [-0.3, -0.25) is 9.82 Å². The van der Waals surface area contributed by atoms with Crippen LogP contribution < -0.4 is 15.2 Å². The van der Waals surface area contributed by atoms with Crippen molar-refractivity contribution in [2.45, 2.75) is 11.8 Å². The van der Waals surface area contributed by atoms with Crippen molar-refractivity contribution < 1.29 is 13.2 Å². The van der Waals surface area contributed by atoms with E-state index < -0.39 is 10.0 Å². The minimum Gasteiger partial charge on any atom is -0.492 e. The van der Waals surface area contributed by atoms with Gasteiger partial charge >= 0.3 is 0 Å². The Morgan fingerprint density at radius 2 is 2.25 bits per heavy atom. The minimum absolute atomic E-state index is 0.116. The summed E-state index contributed by atoms with van der Waals surface area (Å²) in [6, 6.07) is 6.67. The topological polar surface area (TPSA) is 110 Å². The summed E-state index contributed by atoms with van der Waals surface area (Å²) in [4.78, 5) is 0.116. The van der Waals surface area contributed by atoms with Crippen LogP contribution in [0.25, 0.3) is 0 Å². The summed E-state index contributed by atoms with van der Waals surface area (Å²) >= 11 is 0. The maximum atomic E-state index is 12.2. The van der Waals surface area contributed by atoms with E-state index >= 15 is 0 Å². The summed E-state index contributed by atoms with van der Waals surface area (Å²) < 4.78 is 32.2. The van der Waals surface area contributed by atoms with E-state index in [9.17, 15) is 8.42 Å². The predicted octanol–water partition coefficient (Wildman–Crippen LogP) is 0.856. The van der Waals surface area contributed by atoms with E-state index in [2.05, 4.69) is 14.9 Å². The Hall–Kier alpha value is -2.06. The molecular weight excluding hydrogens is 280 g/mol. The van der Waals surface area contributed by atoms with Crippen molar-refractivity contribution in [1.82, 2.24) is 10.2 Å². The van der Waals surface area contributed by atoms with Crippen LogP contribution in [-0.2, 0) is 10.0 Å². The van der Waals surface area contributed by atoms with Crippen LogP contribution in [0.2, 0.25) is 0 Å². The minimum atomic E-state index is -3.66. The van der Waals surface area contributed by atoms with Gasteiger partial charge in [-0.2, -0.15) is 5.10 Å². The van der Waals surface area contributed by atoms with E-state index in [-0.39, 0.29) is 4.90 Å². The lowest BCUT2D eigenvalue weighted by Crippen LogP contribution is -2.14. The van der Waals surface area contributed by atoms with Crippen molar-refractivity contribution in [1.29, 1.82) is 0 Å². The number of aryl methyl sites for hydroxylation is 1. The quantitative estimate of drug-likeness (QED) is 0.732. The molecule has 8 heteroatoms. The van der Waals surface area contributed by atoms with E-state index in [4.69, 9.17) is 10.5 Å². The number of aromatic nitrogens is 2. The van der Waals surface area contributed by atoms with Crippen molar-refractivity contribution in [2.24, 2.45) is 5.73 Å². The summed E-state index contributed by atoms with van der Waals surface area (Å²) in [6.45, 7) is 2.41. The largest absolute Gasteiger partial charge is 0.492 e. The van der Waals surface area contributed by atoms with Gasteiger partial charge in [0, 0.05) is 12.6 Å². The average Bonchev–Trinajstić information content (AvgIpc) is 2.83. The molecule has 1 heterocycles. The van der Waals surface area contributed by atoms with Crippen LogP contribution in [0, 0.1) is 6.92 Å². The molecule has 0 saturated carbocycles. The number of hydrogen-bond acceptors (Lipinski definition) is 5. The first-order chi connectivity index (χ1) is 9.53. The lowest BCUT2D eigenvalue weighted by molar-refractivity contribution is 0.328. The van der Waals surface area contributed by atoms with Crippen molar-refractivity contribution in [3.63, 3.8) is 0 Å². The zero-order valence-corrected chi connectivity index (χ0v) is 11.8. The van der Waals surface area contributed by atoms with E-state index in [0.29, 0.717) is 30.3 Å². The molecule has 0 radical (unpaired) electrons. The van der Waals surface area contributed by atoms with Crippen molar-refractivity contribution >= 4 is 15.7 Å². The van der Waals surface area contributed by atoms with Crippen LogP contribution in [-0.4, -0.2) is 31.8 Å².